The molecule has 1 aliphatic heterocycles. The summed E-state index contributed by atoms with van der Waals surface area (Å²) in [5, 5.41) is 23.3. The fourth-order valence-electron chi connectivity index (χ4n) is 2.33. The number of aromatic nitrogens is 3. The van der Waals surface area contributed by atoms with Gasteiger partial charge in [-0.15, -0.1) is 0 Å². The molecule has 0 radical (unpaired) electrons. The third kappa shape index (κ3) is 6.03. The third-order valence-corrected chi connectivity index (χ3v) is 3.71. The number of ether oxygens (including phenoxy) is 2. The van der Waals surface area contributed by atoms with Crippen molar-refractivity contribution in [1.82, 2.24) is 15.0 Å². The first kappa shape index (κ1) is 19.8. The van der Waals surface area contributed by atoms with Gasteiger partial charge in [0.1, 0.15) is 12.4 Å². The van der Waals surface area contributed by atoms with Gasteiger partial charge in [0.15, 0.2) is 5.82 Å². The zero-order valence-corrected chi connectivity index (χ0v) is 15.9. The van der Waals surface area contributed by atoms with E-state index in [0.29, 0.717) is 43.8 Å². The first-order valence-corrected chi connectivity index (χ1v) is 8.91. The van der Waals surface area contributed by atoms with E-state index in [1.165, 1.54) is 6.21 Å². The summed E-state index contributed by atoms with van der Waals surface area (Å²) < 4.78 is 10.9. The number of hydrogen-bond donors (Lipinski definition) is 3. The van der Waals surface area contributed by atoms with Gasteiger partial charge in [-0.25, -0.2) is 0 Å². The van der Waals surface area contributed by atoms with Crippen LogP contribution in [0.15, 0.2) is 29.4 Å². The Morgan fingerprint density at radius 1 is 1.21 bits per heavy atom. The number of phenols is 1. The predicted octanol–water partition coefficient (Wildman–Crippen LogP) is 1.01. The van der Waals surface area contributed by atoms with E-state index in [2.05, 4.69) is 25.5 Å². The van der Waals surface area contributed by atoms with Crippen LogP contribution in [0.1, 0.15) is 19.7 Å². The Kier molecular flexibility index (Phi) is 6.22. The van der Waals surface area contributed by atoms with E-state index in [0.717, 1.165) is 0 Å². The number of nitrogens with zero attached hydrogens (tertiary/aromatic N) is 5. The SMILES string of the molecule is CC(C)(O)COc1nc(C=NNc2ccc(O)cc2)nc(N2CCOCC2)n1. The van der Waals surface area contributed by atoms with Crippen LogP contribution in [0.2, 0.25) is 0 Å². The highest BCUT2D eigenvalue weighted by atomic mass is 16.5. The maximum atomic E-state index is 9.88. The van der Waals surface area contributed by atoms with Crippen molar-refractivity contribution in [2.75, 3.05) is 43.2 Å². The van der Waals surface area contributed by atoms with E-state index in [1.54, 1.807) is 38.1 Å². The quantitative estimate of drug-likeness (QED) is 0.362. The summed E-state index contributed by atoms with van der Waals surface area (Å²) in [5.74, 6) is 0.958. The summed E-state index contributed by atoms with van der Waals surface area (Å²) in [4.78, 5) is 15.0. The number of hydrogen-bond acceptors (Lipinski definition) is 10. The normalized spacial score (nSPS) is 15.0. The van der Waals surface area contributed by atoms with Crippen molar-refractivity contribution >= 4 is 17.9 Å². The van der Waals surface area contributed by atoms with E-state index < -0.39 is 5.60 Å². The molecule has 1 saturated heterocycles. The first-order valence-electron chi connectivity index (χ1n) is 8.91. The average Bonchev–Trinajstić information content (AvgIpc) is 2.68. The van der Waals surface area contributed by atoms with Gasteiger partial charge in [-0.1, -0.05) is 0 Å². The molecule has 10 heteroatoms. The lowest BCUT2D eigenvalue weighted by molar-refractivity contribution is 0.0249. The molecule has 2 heterocycles. The second-order valence-corrected chi connectivity index (χ2v) is 6.89. The van der Waals surface area contributed by atoms with Crippen molar-refractivity contribution in [3.63, 3.8) is 0 Å². The van der Waals surface area contributed by atoms with Crippen LogP contribution >= 0.6 is 0 Å². The van der Waals surface area contributed by atoms with Gasteiger partial charge in [0.25, 0.3) is 0 Å². The number of anilines is 2. The van der Waals surface area contributed by atoms with Crippen LogP contribution in [-0.4, -0.2) is 69.9 Å². The summed E-state index contributed by atoms with van der Waals surface area (Å²) in [7, 11) is 0. The topological polar surface area (TPSA) is 125 Å². The Bertz CT molecular complexity index is 801. The molecule has 0 bridgehead atoms. The standard InChI is InChI=1S/C18H24N6O4/c1-18(2,26)12-28-17-21-15(11-19-23-13-3-5-14(25)6-4-13)20-16(22-17)24-7-9-27-10-8-24/h3-6,11,23,25-26H,7-10,12H2,1-2H3. The second kappa shape index (κ2) is 8.81. The second-order valence-electron chi connectivity index (χ2n) is 6.89. The van der Waals surface area contributed by atoms with Crippen molar-refractivity contribution in [3.8, 4) is 11.8 Å². The van der Waals surface area contributed by atoms with E-state index in [-0.39, 0.29) is 18.4 Å². The zero-order valence-electron chi connectivity index (χ0n) is 15.9. The van der Waals surface area contributed by atoms with Gasteiger partial charge in [0, 0.05) is 13.1 Å². The molecule has 2 aromatic rings. The number of phenolic OH excluding ortho intramolecular Hbond substituents is 1. The zero-order chi connectivity index (χ0) is 20.0. The van der Waals surface area contributed by atoms with E-state index in [9.17, 15) is 10.2 Å². The van der Waals surface area contributed by atoms with Crippen molar-refractivity contribution in [2.45, 2.75) is 19.4 Å². The van der Waals surface area contributed by atoms with Crippen LogP contribution in [-0.2, 0) is 4.74 Å². The van der Waals surface area contributed by atoms with E-state index in [1.807, 2.05) is 4.90 Å². The minimum atomic E-state index is -1.01. The fraction of sp³-hybridized carbons (Fsp3) is 0.444. The Morgan fingerprint density at radius 2 is 1.93 bits per heavy atom. The van der Waals surface area contributed by atoms with Gasteiger partial charge < -0.3 is 24.6 Å². The predicted molar refractivity (Wildman–Crippen MR) is 104 cm³/mol. The molecule has 0 amide bonds. The molecule has 0 unspecified atom stereocenters. The Balaban J connectivity index is 1.77. The molecular weight excluding hydrogens is 364 g/mol. The van der Waals surface area contributed by atoms with Crippen LogP contribution in [0, 0.1) is 0 Å². The van der Waals surface area contributed by atoms with Crippen LogP contribution in [0.5, 0.6) is 11.8 Å². The van der Waals surface area contributed by atoms with Gasteiger partial charge in [0.05, 0.1) is 30.7 Å². The minimum Gasteiger partial charge on any atom is -0.508 e. The summed E-state index contributed by atoms with van der Waals surface area (Å²) in [6, 6.07) is 6.61. The smallest absolute Gasteiger partial charge is 0.321 e. The molecule has 3 rings (SSSR count). The van der Waals surface area contributed by atoms with Gasteiger partial charge in [0.2, 0.25) is 5.95 Å². The van der Waals surface area contributed by atoms with Crippen molar-refractivity contribution in [3.05, 3.63) is 30.1 Å². The molecule has 10 nitrogen and oxygen atoms in total. The van der Waals surface area contributed by atoms with Crippen LogP contribution in [0.4, 0.5) is 11.6 Å². The molecule has 1 aliphatic rings. The lowest BCUT2D eigenvalue weighted by Crippen LogP contribution is -2.37. The van der Waals surface area contributed by atoms with Crippen molar-refractivity contribution in [2.24, 2.45) is 5.10 Å². The molecule has 0 spiro atoms. The monoisotopic (exact) mass is 388 g/mol. The maximum absolute atomic E-state index is 9.88. The highest BCUT2D eigenvalue weighted by Gasteiger charge is 2.19. The minimum absolute atomic E-state index is 0.0436. The Morgan fingerprint density at radius 3 is 2.61 bits per heavy atom. The average molecular weight is 388 g/mol. The fourth-order valence-corrected chi connectivity index (χ4v) is 2.33. The number of morpholine rings is 1. The molecule has 28 heavy (non-hydrogen) atoms. The summed E-state index contributed by atoms with van der Waals surface area (Å²) in [6.45, 7) is 5.84. The largest absolute Gasteiger partial charge is 0.508 e. The number of hydrazone groups is 1. The summed E-state index contributed by atoms with van der Waals surface area (Å²) in [5.41, 5.74) is 2.53. The summed E-state index contributed by atoms with van der Waals surface area (Å²) in [6.07, 6.45) is 1.45. The lowest BCUT2D eigenvalue weighted by Gasteiger charge is -2.27. The molecule has 0 saturated carbocycles. The Hall–Kier alpha value is -2.98. The molecule has 3 N–H and O–H groups in total. The highest BCUT2D eigenvalue weighted by Crippen LogP contribution is 2.16. The molecule has 1 aromatic carbocycles. The number of aromatic hydroxyl groups is 1. The molecule has 1 aromatic heterocycles. The molecule has 0 aliphatic carbocycles. The van der Waals surface area contributed by atoms with Crippen LogP contribution < -0.4 is 15.1 Å². The maximum Gasteiger partial charge on any atom is 0.321 e. The van der Waals surface area contributed by atoms with E-state index in [4.69, 9.17) is 9.47 Å². The molecule has 1 fully saturated rings. The summed E-state index contributed by atoms with van der Waals surface area (Å²) >= 11 is 0. The highest BCUT2D eigenvalue weighted by molar-refractivity contribution is 5.75. The van der Waals surface area contributed by atoms with Gasteiger partial charge in [-0.05, 0) is 38.1 Å². The lowest BCUT2D eigenvalue weighted by atomic mass is 10.2. The van der Waals surface area contributed by atoms with Crippen molar-refractivity contribution < 1.29 is 19.7 Å². The first-order chi connectivity index (χ1) is 13.4. The van der Waals surface area contributed by atoms with E-state index >= 15 is 0 Å². The number of aliphatic hydroxyl groups is 1. The third-order valence-electron chi connectivity index (χ3n) is 3.71. The molecular formula is C18H24N6O4. The van der Waals surface area contributed by atoms with Crippen molar-refractivity contribution in [1.29, 1.82) is 0 Å². The number of benzene rings is 1. The number of nitrogens with one attached hydrogen (secondary N) is 1. The van der Waals surface area contributed by atoms with Crippen LogP contribution in [0.3, 0.4) is 0 Å². The van der Waals surface area contributed by atoms with Gasteiger partial charge >= 0.3 is 6.01 Å². The molecule has 150 valence electrons. The van der Waals surface area contributed by atoms with Gasteiger partial charge in [-0.2, -0.15) is 20.1 Å². The number of rotatable bonds is 7. The van der Waals surface area contributed by atoms with Gasteiger partial charge in [-0.3, -0.25) is 5.43 Å². The van der Waals surface area contributed by atoms with Crippen LogP contribution in [0.25, 0.3) is 0 Å². The Labute approximate surface area is 162 Å². The molecule has 0 atom stereocenters.